The van der Waals surface area contributed by atoms with Crippen molar-refractivity contribution in [1.29, 1.82) is 0 Å². The van der Waals surface area contributed by atoms with Crippen LogP contribution in [0.3, 0.4) is 0 Å². The second-order valence-electron chi connectivity index (χ2n) is 10.7. The highest BCUT2D eigenvalue weighted by Crippen LogP contribution is 2.31. The lowest BCUT2D eigenvalue weighted by atomic mass is 9.94. The van der Waals surface area contributed by atoms with Crippen molar-refractivity contribution in [3.63, 3.8) is 0 Å². The fraction of sp³-hybridized carbons (Fsp3) is 0.375. The van der Waals surface area contributed by atoms with Crippen LogP contribution in [0.15, 0.2) is 83.8 Å². The van der Waals surface area contributed by atoms with Gasteiger partial charge >= 0.3 is 0 Å². The zero-order chi connectivity index (χ0) is 30.4. The average Bonchev–Trinajstić information content (AvgIpc) is 3.43. The zero-order valence-corrected chi connectivity index (χ0v) is 25.4. The Morgan fingerprint density at radius 1 is 0.907 bits per heavy atom. The van der Waals surface area contributed by atoms with Gasteiger partial charge in [-0.15, -0.1) is 5.10 Å². The number of nitrogens with zero attached hydrogens (tertiary/aromatic N) is 5. The van der Waals surface area contributed by atoms with Crippen LogP contribution < -0.4 is 10.2 Å². The Kier molecular flexibility index (Phi) is 9.52. The lowest BCUT2D eigenvalue weighted by Gasteiger charge is -2.33. The molecule has 0 saturated heterocycles. The predicted octanol–water partition coefficient (Wildman–Crippen LogP) is 4.69. The minimum absolute atomic E-state index is 0.0327. The molecule has 0 bridgehead atoms. The Hall–Kier alpha value is -4.09. The molecule has 5 rings (SSSR count). The number of hydrogen-bond donors (Lipinski definition) is 1. The average molecular weight is 603 g/mol. The van der Waals surface area contributed by atoms with Crippen LogP contribution in [0.4, 0.5) is 5.69 Å². The summed E-state index contributed by atoms with van der Waals surface area (Å²) in [5.41, 5.74) is 2.40. The number of fused-ring (bicyclic) bond motifs is 1. The van der Waals surface area contributed by atoms with Crippen LogP contribution in [-0.2, 0) is 26.2 Å². The molecule has 0 aliphatic heterocycles. The van der Waals surface area contributed by atoms with Gasteiger partial charge in [-0.05, 0) is 54.8 Å². The molecule has 1 atom stereocenters. The standard InChI is InChI=1S/C32H38N6O4S/c1-3-36(4-2)43(41,42)27-21-19-26(20-22-27)38(30(39)23-37-29-18-12-11-17-28(29)34-35-37)31(24-13-7-5-8-14-24)32(40)33-25-15-9-6-10-16-25/h5,7-8,11-14,17-22,25,31H,3-4,6,9-10,15-16,23H2,1-2H3,(H,33,40). The molecule has 4 aromatic rings. The molecular formula is C32H38N6O4S. The van der Waals surface area contributed by atoms with E-state index in [-0.39, 0.29) is 29.3 Å². The van der Waals surface area contributed by atoms with Crippen molar-refractivity contribution < 1.29 is 18.0 Å². The fourth-order valence-electron chi connectivity index (χ4n) is 5.75. The van der Waals surface area contributed by atoms with E-state index in [4.69, 9.17) is 0 Å². The van der Waals surface area contributed by atoms with Gasteiger partial charge in [-0.3, -0.25) is 14.5 Å². The number of sulfonamides is 1. The first kappa shape index (κ1) is 30.4. The molecule has 1 unspecified atom stereocenters. The van der Waals surface area contributed by atoms with E-state index < -0.39 is 16.1 Å². The van der Waals surface area contributed by atoms with Gasteiger partial charge in [-0.2, -0.15) is 4.31 Å². The topological polar surface area (TPSA) is 118 Å². The van der Waals surface area contributed by atoms with E-state index in [1.807, 2.05) is 54.6 Å². The molecule has 1 aromatic heterocycles. The van der Waals surface area contributed by atoms with E-state index >= 15 is 0 Å². The van der Waals surface area contributed by atoms with Crippen LogP contribution in [0.5, 0.6) is 0 Å². The molecule has 1 heterocycles. The summed E-state index contributed by atoms with van der Waals surface area (Å²) in [5, 5.41) is 11.6. The van der Waals surface area contributed by atoms with Gasteiger partial charge in [0.2, 0.25) is 21.8 Å². The molecule has 0 radical (unpaired) electrons. The van der Waals surface area contributed by atoms with E-state index in [1.165, 1.54) is 26.0 Å². The van der Waals surface area contributed by atoms with Crippen molar-refractivity contribution in [1.82, 2.24) is 24.6 Å². The molecular weight excluding hydrogens is 564 g/mol. The number of anilines is 1. The van der Waals surface area contributed by atoms with E-state index in [2.05, 4.69) is 15.6 Å². The Morgan fingerprint density at radius 3 is 2.23 bits per heavy atom. The summed E-state index contributed by atoms with van der Waals surface area (Å²) in [6.07, 6.45) is 5.03. The lowest BCUT2D eigenvalue weighted by Crippen LogP contribution is -2.48. The summed E-state index contributed by atoms with van der Waals surface area (Å²) in [4.78, 5) is 30.0. The Balaban J connectivity index is 1.57. The van der Waals surface area contributed by atoms with Crippen LogP contribution in [0.1, 0.15) is 57.6 Å². The molecule has 1 aliphatic carbocycles. The molecule has 1 aliphatic rings. The molecule has 3 aromatic carbocycles. The first-order chi connectivity index (χ1) is 20.8. The number of carbonyl (C=O) groups is 2. The summed E-state index contributed by atoms with van der Waals surface area (Å²) in [7, 11) is -3.71. The molecule has 2 amide bonds. The van der Waals surface area contributed by atoms with Crippen molar-refractivity contribution >= 4 is 38.6 Å². The molecule has 1 fully saturated rings. The number of carbonyl (C=O) groups excluding carboxylic acids is 2. The maximum Gasteiger partial charge on any atom is 0.249 e. The third-order valence-corrected chi connectivity index (χ3v) is 10.1. The van der Waals surface area contributed by atoms with E-state index in [0.717, 1.165) is 32.1 Å². The van der Waals surface area contributed by atoms with Crippen LogP contribution >= 0.6 is 0 Å². The quantitative estimate of drug-likeness (QED) is 0.266. The first-order valence-corrected chi connectivity index (χ1v) is 16.3. The van der Waals surface area contributed by atoms with Gasteiger partial charge < -0.3 is 5.32 Å². The molecule has 43 heavy (non-hydrogen) atoms. The highest BCUT2D eigenvalue weighted by atomic mass is 32.2. The maximum atomic E-state index is 14.3. The fourth-order valence-corrected chi connectivity index (χ4v) is 7.20. The summed E-state index contributed by atoms with van der Waals surface area (Å²) >= 11 is 0. The highest BCUT2D eigenvalue weighted by Gasteiger charge is 2.35. The Bertz CT molecular complexity index is 1650. The number of benzene rings is 3. The third kappa shape index (κ3) is 6.62. The highest BCUT2D eigenvalue weighted by molar-refractivity contribution is 7.89. The van der Waals surface area contributed by atoms with Gasteiger partial charge in [-0.1, -0.05) is 80.8 Å². The van der Waals surface area contributed by atoms with Crippen molar-refractivity contribution in [3.05, 3.63) is 84.4 Å². The normalized spacial score (nSPS) is 15.0. The van der Waals surface area contributed by atoms with Crippen LogP contribution in [-0.4, -0.2) is 58.7 Å². The Morgan fingerprint density at radius 2 is 1.56 bits per heavy atom. The second kappa shape index (κ2) is 13.5. The molecule has 0 spiro atoms. The monoisotopic (exact) mass is 602 g/mol. The molecule has 226 valence electrons. The predicted molar refractivity (Wildman–Crippen MR) is 166 cm³/mol. The summed E-state index contributed by atoms with van der Waals surface area (Å²) in [6.45, 7) is 4.10. The smallest absolute Gasteiger partial charge is 0.249 e. The molecule has 1 N–H and O–H groups in total. The van der Waals surface area contributed by atoms with Crippen molar-refractivity contribution in [2.75, 3.05) is 18.0 Å². The zero-order valence-electron chi connectivity index (χ0n) is 24.6. The summed E-state index contributed by atoms with van der Waals surface area (Å²) in [6, 6.07) is 21.8. The number of aromatic nitrogens is 3. The largest absolute Gasteiger partial charge is 0.351 e. The minimum Gasteiger partial charge on any atom is -0.351 e. The molecule has 10 nitrogen and oxygen atoms in total. The van der Waals surface area contributed by atoms with E-state index in [1.54, 1.807) is 26.0 Å². The second-order valence-corrected chi connectivity index (χ2v) is 12.7. The first-order valence-electron chi connectivity index (χ1n) is 14.9. The maximum absolute atomic E-state index is 14.3. The van der Waals surface area contributed by atoms with E-state index in [9.17, 15) is 18.0 Å². The van der Waals surface area contributed by atoms with E-state index in [0.29, 0.717) is 35.4 Å². The third-order valence-electron chi connectivity index (χ3n) is 8.01. The Labute approximate surface area is 252 Å². The van der Waals surface area contributed by atoms with Gasteiger partial charge in [0.15, 0.2) is 0 Å². The SMILES string of the molecule is CCN(CC)S(=O)(=O)c1ccc(N(C(=O)Cn2nnc3ccccc32)C(C(=O)NC2CCCCC2)c2ccccc2)cc1. The number of rotatable bonds is 11. The molecule has 11 heteroatoms. The van der Waals surface area contributed by atoms with Crippen LogP contribution in [0.2, 0.25) is 0 Å². The van der Waals surface area contributed by atoms with Gasteiger partial charge in [0, 0.05) is 24.8 Å². The number of nitrogens with one attached hydrogen (secondary N) is 1. The molecule has 1 saturated carbocycles. The number of amides is 2. The minimum atomic E-state index is -3.71. The summed E-state index contributed by atoms with van der Waals surface area (Å²) in [5.74, 6) is -0.669. The number of hydrogen-bond acceptors (Lipinski definition) is 6. The number of para-hydroxylation sites is 1. The van der Waals surface area contributed by atoms with Gasteiger partial charge in [-0.25, -0.2) is 13.1 Å². The van der Waals surface area contributed by atoms with Crippen molar-refractivity contribution in [3.8, 4) is 0 Å². The summed E-state index contributed by atoms with van der Waals surface area (Å²) < 4.78 is 29.3. The van der Waals surface area contributed by atoms with Gasteiger partial charge in [0.05, 0.1) is 10.4 Å². The van der Waals surface area contributed by atoms with Gasteiger partial charge in [0.25, 0.3) is 0 Å². The van der Waals surface area contributed by atoms with Gasteiger partial charge in [0.1, 0.15) is 18.1 Å². The van der Waals surface area contributed by atoms with Crippen molar-refractivity contribution in [2.45, 2.75) is 69.5 Å². The van der Waals surface area contributed by atoms with Crippen LogP contribution in [0.25, 0.3) is 11.0 Å². The van der Waals surface area contributed by atoms with Crippen LogP contribution in [0, 0.1) is 0 Å². The van der Waals surface area contributed by atoms with Crippen molar-refractivity contribution in [2.24, 2.45) is 0 Å². The lowest BCUT2D eigenvalue weighted by molar-refractivity contribution is -0.127.